The Balaban J connectivity index is 1.90. The van der Waals surface area contributed by atoms with Gasteiger partial charge in [-0.3, -0.25) is 0 Å². The summed E-state index contributed by atoms with van der Waals surface area (Å²) in [5.74, 6) is 0.370. The Morgan fingerprint density at radius 2 is 1.88 bits per heavy atom. The molecule has 0 amide bonds. The monoisotopic (exact) mass is 443 g/mol. The molecule has 0 aliphatic carbocycles. The van der Waals surface area contributed by atoms with E-state index in [2.05, 4.69) is 41.8 Å². The van der Waals surface area contributed by atoms with Crippen molar-refractivity contribution in [1.29, 1.82) is 0 Å². The molecule has 1 aromatic carbocycles. The van der Waals surface area contributed by atoms with E-state index in [0.29, 0.717) is 21.8 Å². The van der Waals surface area contributed by atoms with E-state index in [9.17, 15) is 12.8 Å². The lowest BCUT2D eigenvalue weighted by Gasteiger charge is -2.24. The lowest BCUT2D eigenvalue weighted by molar-refractivity contribution is 0.478. The average Bonchev–Trinajstić information content (AvgIpc) is 2.58. The lowest BCUT2D eigenvalue weighted by atomic mass is 10.1. The SMILES string of the molecule is CS(=O)(=O)c1nc(Nc2ccc(F)c(Br)c2)cc(NC2CCNCC2)n1. The molecule has 3 N–H and O–H groups in total. The predicted octanol–water partition coefficient (Wildman–Crippen LogP) is 2.69. The molecule has 1 aliphatic heterocycles. The minimum Gasteiger partial charge on any atom is -0.367 e. The normalized spacial score (nSPS) is 15.7. The maximum Gasteiger partial charge on any atom is 0.250 e. The van der Waals surface area contributed by atoms with Crippen LogP contribution in [-0.4, -0.2) is 43.8 Å². The smallest absolute Gasteiger partial charge is 0.250 e. The first-order valence-corrected chi connectivity index (χ1v) is 10.8. The van der Waals surface area contributed by atoms with Gasteiger partial charge in [0.05, 0.1) is 4.47 Å². The molecular weight excluding hydrogens is 425 g/mol. The Kier molecular flexibility index (Phi) is 5.73. The second kappa shape index (κ2) is 7.85. The van der Waals surface area contributed by atoms with Crippen molar-refractivity contribution < 1.29 is 12.8 Å². The molecule has 0 spiro atoms. The van der Waals surface area contributed by atoms with Crippen molar-refractivity contribution in [1.82, 2.24) is 15.3 Å². The summed E-state index contributed by atoms with van der Waals surface area (Å²) in [5.41, 5.74) is 0.573. The third-order valence-electron chi connectivity index (χ3n) is 3.92. The molecule has 0 saturated carbocycles. The molecule has 1 saturated heterocycles. The molecule has 2 heterocycles. The highest BCUT2D eigenvalue weighted by Gasteiger charge is 2.18. The van der Waals surface area contributed by atoms with Crippen molar-refractivity contribution in [3.8, 4) is 0 Å². The zero-order chi connectivity index (χ0) is 18.7. The van der Waals surface area contributed by atoms with E-state index in [4.69, 9.17) is 0 Å². The summed E-state index contributed by atoms with van der Waals surface area (Å²) in [7, 11) is -3.58. The number of anilines is 3. The number of piperidine rings is 1. The molecule has 1 fully saturated rings. The van der Waals surface area contributed by atoms with Crippen LogP contribution in [0.3, 0.4) is 0 Å². The highest BCUT2D eigenvalue weighted by Crippen LogP contribution is 2.24. The van der Waals surface area contributed by atoms with Gasteiger partial charge in [0.15, 0.2) is 0 Å². The number of rotatable bonds is 5. The van der Waals surface area contributed by atoms with E-state index in [1.54, 1.807) is 18.2 Å². The Morgan fingerprint density at radius 3 is 2.54 bits per heavy atom. The van der Waals surface area contributed by atoms with Gasteiger partial charge in [0.2, 0.25) is 9.84 Å². The molecular formula is C16H19BrFN5O2S. The molecule has 0 unspecified atom stereocenters. The van der Waals surface area contributed by atoms with Crippen molar-refractivity contribution in [3.63, 3.8) is 0 Å². The first kappa shape index (κ1) is 19.0. The van der Waals surface area contributed by atoms with E-state index in [1.807, 2.05) is 0 Å². The third kappa shape index (κ3) is 4.89. The van der Waals surface area contributed by atoms with Crippen LogP contribution >= 0.6 is 15.9 Å². The highest BCUT2D eigenvalue weighted by molar-refractivity contribution is 9.10. The number of sulfone groups is 1. The van der Waals surface area contributed by atoms with E-state index >= 15 is 0 Å². The fourth-order valence-electron chi connectivity index (χ4n) is 2.63. The second-order valence-electron chi connectivity index (χ2n) is 6.12. The quantitative estimate of drug-likeness (QED) is 0.611. The van der Waals surface area contributed by atoms with Gasteiger partial charge >= 0.3 is 0 Å². The number of hydrogen-bond acceptors (Lipinski definition) is 7. The number of hydrogen-bond donors (Lipinski definition) is 3. The van der Waals surface area contributed by atoms with Gasteiger partial charge in [-0.1, -0.05) is 0 Å². The van der Waals surface area contributed by atoms with Crippen LogP contribution < -0.4 is 16.0 Å². The maximum absolute atomic E-state index is 13.4. The maximum atomic E-state index is 13.4. The lowest BCUT2D eigenvalue weighted by Crippen LogP contribution is -2.35. The van der Waals surface area contributed by atoms with E-state index in [0.717, 1.165) is 32.2 Å². The molecule has 0 radical (unpaired) electrons. The molecule has 2 aromatic rings. The summed E-state index contributed by atoms with van der Waals surface area (Å²) in [4.78, 5) is 8.21. The van der Waals surface area contributed by atoms with Gasteiger partial charge < -0.3 is 16.0 Å². The Labute approximate surface area is 159 Å². The van der Waals surface area contributed by atoms with Crippen LogP contribution in [-0.2, 0) is 9.84 Å². The van der Waals surface area contributed by atoms with Gasteiger partial charge in [-0.25, -0.2) is 22.8 Å². The predicted molar refractivity (Wildman–Crippen MR) is 102 cm³/mol. The number of halogens is 2. The Hall–Kier alpha value is -1.78. The van der Waals surface area contributed by atoms with Crippen LogP contribution in [0.1, 0.15) is 12.8 Å². The van der Waals surface area contributed by atoms with Gasteiger partial charge in [-0.15, -0.1) is 0 Å². The Bertz CT molecular complexity index is 904. The van der Waals surface area contributed by atoms with E-state index < -0.39 is 9.84 Å². The molecule has 1 aromatic heterocycles. The van der Waals surface area contributed by atoms with Gasteiger partial charge in [-0.2, -0.15) is 0 Å². The van der Waals surface area contributed by atoms with E-state index in [-0.39, 0.29) is 17.0 Å². The third-order valence-corrected chi connectivity index (χ3v) is 5.37. The van der Waals surface area contributed by atoms with Crippen molar-refractivity contribution >= 4 is 43.1 Å². The van der Waals surface area contributed by atoms with Gasteiger partial charge in [0.25, 0.3) is 5.16 Å². The molecule has 26 heavy (non-hydrogen) atoms. The van der Waals surface area contributed by atoms with Crippen LogP contribution in [0.5, 0.6) is 0 Å². The summed E-state index contributed by atoms with van der Waals surface area (Å²) in [6.45, 7) is 1.80. The minimum absolute atomic E-state index is 0.214. The molecule has 0 atom stereocenters. The van der Waals surface area contributed by atoms with Crippen LogP contribution in [0.2, 0.25) is 0 Å². The topological polar surface area (TPSA) is 96.0 Å². The van der Waals surface area contributed by atoms with Crippen LogP contribution in [0, 0.1) is 5.82 Å². The summed E-state index contributed by atoms with van der Waals surface area (Å²) >= 11 is 3.12. The average molecular weight is 444 g/mol. The highest BCUT2D eigenvalue weighted by atomic mass is 79.9. The molecule has 140 valence electrons. The summed E-state index contributed by atoms with van der Waals surface area (Å²) in [5, 5.41) is 9.28. The number of benzene rings is 1. The van der Waals surface area contributed by atoms with Crippen LogP contribution in [0.25, 0.3) is 0 Å². The number of nitrogens with one attached hydrogen (secondary N) is 3. The molecule has 1 aliphatic rings. The summed E-state index contributed by atoms with van der Waals surface area (Å²) < 4.78 is 37.6. The van der Waals surface area contributed by atoms with Crippen molar-refractivity contribution in [2.24, 2.45) is 0 Å². The first-order chi connectivity index (χ1) is 12.3. The van der Waals surface area contributed by atoms with Crippen LogP contribution in [0.15, 0.2) is 33.9 Å². The van der Waals surface area contributed by atoms with Crippen molar-refractivity contribution in [2.75, 3.05) is 30.0 Å². The van der Waals surface area contributed by atoms with Crippen LogP contribution in [0.4, 0.5) is 21.7 Å². The van der Waals surface area contributed by atoms with Crippen molar-refractivity contribution in [2.45, 2.75) is 24.0 Å². The Morgan fingerprint density at radius 1 is 1.19 bits per heavy atom. The summed E-state index contributed by atoms with van der Waals surface area (Å²) in [6, 6.07) is 6.26. The number of nitrogens with zero attached hydrogens (tertiary/aromatic N) is 2. The zero-order valence-corrected chi connectivity index (χ0v) is 16.5. The standard InChI is InChI=1S/C16H19BrFN5O2S/c1-26(24,25)16-22-14(20-10-4-6-19-7-5-10)9-15(23-16)21-11-2-3-13(18)12(17)8-11/h2-3,8-10,19H,4-7H2,1H3,(H2,20,21,22,23). The largest absolute Gasteiger partial charge is 0.367 e. The minimum atomic E-state index is -3.58. The fourth-order valence-corrected chi connectivity index (χ4v) is 3.53. The van der Waals surface area contributed by atoms with E-state index in [1.165, 1.54) is 6.07 Å². The summed E-state index contributed by atoms with van der Waals surface area (Å²) in [6.07, 6.45) is 2.91. The fraction of sp³-hybridized carbons (Fsp3) is 0.375. The molecule has 0 bridgehead atoms. The zero-order valence-electron chi connectivity index (χ0n) is 14.1. The number of aromatic nitrogens is 2. The van der Waals surface area contributed by atoms with Gasteiger partial charge in [-0.05, 0) is 60.1 Å². The molecule has 3 rings (SSSR count). The van der Waals surface area contributed by atoms with Crippen molar-refractivity contribution in [3.05, 3.63) is 34.6 Å². The first-order valence-electron chi connectivity index (χ1n) is 8.10. The van der Waals surface area contributed by atoms with Gasteiger partial charge in [0, 0.05) is 24.1 Å². The molecule has 7 nitrogen and oxygen atoms in total. The molecule has 10 heteroatoms. The van der Waals surface area contributed by atoms with Gasteiger partial charge in [0.1, 0.15) is 17.5 Å². The second-order valence-corrected chi connectivity index (χ2v) is 8.88.